The molecule has 0 bridgehead atoms. The fourth-order valence-electron chi connectivity index (χ4n) is 2.76. The van der Waals surface area contributed by atoms with E-state index in [9.17, 15) is 4.79 Å². The zero-order valence-corrected chi connectivity index (χ0v) is 19.3. The molecule has 0 aromatic heterocycles. The number of benzene rings is 2. The van der Waals surface area contributed by atoms with Crippen LogP contribution in [0.2, 0.25) is 0 Å². The maximum absolute atomic E-state index is 13.0. The third-order valence-electron chi connectivity index (χ3n) is 4.14. The third-order valence-corrected chi connectivity index (χ3v) is 5.95. The summed E-state index contributed by atoms with van der Waals surface area (Å²) in [5.41, 5.74) is 1.66. The van der Waals surface area contributed by atoms with Gasteiger partial charge in [-0.1, -0.05) is 18.2 Å². The van der Waals surface area contributed by atoms with Crippen molar-refractivity contribution in [1.82, 2.24) is 4.90 Å². The van der Waals surface area contributed by atoms with E-state index in [0.29, 0.717) is 34.7 Å². The molecular weight excluding hydrogens is 503 g/mol. The van der Waals surface area contributed by atoms with Crippen LogP contribution >= 0.6 is 34.4 Å². The molecule has 0 radical (unpaired) electrons. The minimum Gasteiger partial charge on any atom is -0.493 e. The number of aliphatic imine (C=N–C) groups is 1. The van der Waals surface area contributed by atoms with Crippen molar-refractivity contribution in [3.05, 3.63) is 56.5 Å². The van der Waals surface area contributed by atoms with E-state index in [-0.39, 0.29) is 5.91 Å². The number of halogens is 1. The molecule has 0 N–H and O–H groups in total. The zero-order valence-electron chi connectivity index (χ0n) is 16.3. The van der Waals surface area contributed by atoms with Crippen LogP contribution in [0.15, 0.2) is 52.4 Å². The van der Waals surface area contributed by atoms with Crippen LogP contribution in [0.3, 0.4) is 0 Å². The molecule has 0 aliphatic carbocycles. The Bertz CT molecular complexity index is 947. The Kier molecular flexibility index (Phi) is 7.57. The van der Waals surface area contributed by atoms with E-state index in [2.05, 4.69) is 27.6 Å². The van der Waals surface area contributed by atoms with Crippen molar-refractivity contribution in [3.63, 3.8) is 0 Å². The van der Waals surface area contributed by atoms with Gasteiger partial charge in [0.2, 0.25) is 0 Å². The summed E-state index contributed by atoms with van der Waals surface area (Å²) in [5.74, 6) is 1.20. The predicted molar refractivity (Wildman–Crippen MR) is 125 cm³/mol. The molecular formula is C21H21IN2O4S. The van der Waals surface area contributed by atoms with Crippen molar-refractivity contribution in [1.29, 1.82) is 0 Å². The molecule has 2 aromatic rings. The van der Waals surface area contributed by atoms with Crippen molar-refractivity contribution in [2.75, 3.05) is 34.5 Å². The number of hydrogen-bond acceptors (Lipinski definition) is 6. The van der Waals surface area contributed by atoms with Crippen LogP contribution in [-0.4, -0.2) is 50.5 Å². The van der Waals surface area contributed by atoms with Crippen molar-refractivity contribution in [2.24, 2.45) is 4.99 Å². The lowest BCUT2D eigenvalue weighted by Gasteiger charge is -2.14. The first-order chi connectivity index (χ1) is 14.1. The van der Waals surface area contributed by atoms with Crippen LogP contribution in [0.4, 0.5) is 5.69 Å². The zero-order chi connectivity index (χ0) is 20.8. The number of carbonyl (C=O) groups excluding carboxylic acids is 1. The number of thioether (sulfide) groups is 1. The summed E-state index contributed by atoms with van der Waals surface area (Å²) < 4.78 is 16.9. The number of para-hydroxylation sites is 1. The van der Waals surface area contributed by atoms with Crippen molar-refractivity contribution in [2.45, 2.75) is 0 Å². The lowest BCUT2D eigenvalue weighted by Crippen LogP contribution is -2.32. The van der Waals surface area contributed by atoms with Gasteiger partial charge in [0.25, 0.3) is 5.91 Å². The van der Waals surface area contributed by atoms with Gasteiger partial charge in [0, 0.05) is 7.11 Å². The Morgan fingerprint density at radius 2 is 1.90 bits per heavy atom. The number of hydrogen-bond donors (Lipinski definition) is 0. The van der Waals surface area contributed by atoms with Crippen LogP contribution in [-0.2, 0) is 9.53 Å². The van der Waals surface area contributed by atoms with Gasteiger partial charge in [0.15, 0.2) is 16.7 Å². The highest BCUT2D eigenvalue weighted by atomic mass is 127. The fourth-order valence-corrected chi connectivity index (χ4v) is 4.63. The number of methoxy groups -OCH3 is 3. The number of amides is 1. The number of rotatable bonds is 7. The maximum Gasteiger partial charge on any atom is 0.266 e. The van der Waals surface area contributed by atoms with Crippen LogP contribution in [0.25, 0.3) is 6.08 Å². The quantitative estimate of drug-likeness (QED) is 0.393. The van der Waals surface area contributed by atoms with Gasteiger partial charge in [-0.25, -0.2) is 4.99 Å². The summed E-state index contributed by atoms with van der Waals surface area (Å²) in [6.45, 7) is 0.871. The van der Waals surface area contributed by atoms with Gasteiger partial charge < -0.3 is 14.2 Å². The van der Waals surface area contributed by atoms with Gasteiger partial charge in [-0.15, -0.1) is 0 Å². The number of carbonyl (C=O) groups is 1. The van der Waals surface area contributed by atoms with E-state index in [0.717, 1.165) is 14.8 Å². The first kappa shape index (κ1) is 21.7. The lowest BCUT2D eigenvalue weighted by atomic mass is 10.2. The van der Waals surface area contributed by atoms with Crippen LogP contribution in [0, 0.1) is 3.57 Å². The monoisotopic (exact) mass is 524 g/mol. The second-order valence-corrected chi connectivity index (χ2v) is 8.20. The van der Waals surface area contributed by atoms with Gasteiger partial charge >= 0.3 is 0 Å². The van der Waals surface area contributed by atoms with Crippen LogP contribution in [0.1, 0.15) is 5.56 Å². The first-order valence-electron chi connectivity index (χ1n) is 8.83. The largest absolute Gasteiger partial charge is 0.493 e. The predicted octanol–water partition coefficient (Wildman–Crippen LogP) is 4.56. The van der Waals surface area contributed by atoms with E-state index in [4.69, 9.17) is 14.2 Å². The number of nitrogens with zero attached hydrogens (tertiary/aromatic N) is 2. The highest BCUT2D eigenvalue weighted by Gasteiger charge is 2.33. The molecule has 1 amide bonds. The van der Waals surface area contributed by atoms with Crippen LogP contribution in [0.5, 0.6) is 11.5 Å². The standard InChI is InChI=1S/C21H21IN2O4S/c1-26-10-9-24-20(25)18(29-21(24)23-15-7-5-4-6-8-15)13-14-11-16(22)19(28-3)17(12-14)27-2/h4-8,11-13H,9-10H2,1-3H3/b18-13-,23-21?. The van der Waals surface area contributed by atoms with Gasteiger partial charge in [-0.3, -0.25) is 9.69 Å². The molecule has 1 aliphatic heterocycles. The highest BCUT2D eigenvalue weighted by molar-refractivity contribution is 14.1. The smallest absolute Gasteiger partial charge is 0.266 e. The Morgan fingerprint density at radius 1 is 1.14 bits per heavy atom. The molecule has 1 heterocycles. The second-order valence-electron chi connectivity index (χ2n) is 6.03. The Hall–Kier alpha value is -2.04. The maximum atomic E-state index is 13.0. The highest BCUT2D eigenvalue weighted by Crippen LogP contribution is 2.37. The molecule has 2 aromatic carbocycles. The summed E-state index contributed by atoms with van der Waals surface area (Å²) in [6.07, 6.45) is 1.85. The minimum absolute atomic E-state index is 0.0912. The van der Waals surface area contributed by atoms with Gasteiger partial charge in [0.05, 0.1) is 41.5 Å². The second kappa shape index (κ2) is 10.1. The Balaban J connectivity index is 1.96. The third kappa shape index (κ3) is 5.12. The molecule has 0 atom stereocenters. The number of ether oxygens (including phenoxy) is 3. The normalized spacial score (nSPS) is 16.7. The topological polar surface area (TPSA) is 60.4 Å². The van der Waals surface area contributed by atoms with Gasteiger partial charge in [-0.2, -0.15) is 0 Å². The SMILES string of the molecule is COCCN1C(=O)/C(=C/c2cc(I)c(OC)c(OC)c2)SC1=Nc1ccccc1. The summed E-state index contributed by atoms with van der Waals surface area (Å²) in [6, 6.07) is 13.4. The summed E-state index contributed by atoms with van der Waals surface area (Å²) in [5, 5.41) is 0.639. The molecule has 1 fully saturated rings. The molecule has 1 saturated heterocycles. The first-order valence-corrected chi connectivity index (χ1v) is 10.7. The van der Waals surface area contributed by atoms with Gasteiger partial charge in [-0.05, 0) is 70.3 Å². The Labute approximate surface area is 188 Å². The van der Waals surface area contributed by atoms with E-state index in [1.807, 2.05) is 48.5 Å². The van der Waals surface area contributed by atoms with Crippen molar-refractivity contribution in [3.8, 4) is 11.5 Å². The summed E-state index contributed by atoms with van der Waals surface area (Å²) in [7, 11) is 4.82. The molecule has 1 aliphatic rings. The summed E-state index contributed by atoms with van der Waals surface area (Å²) in [4.78, 5) is 19.9. The molecule has 8 heteroatoms. The lowest BCUT2D eigenvalue weighted by molar-refractivity contribution is -0.122. The average molecular weight is 524 g/mol. The van der Waals surface area contributed by atoms with Gasteiger partial charge in [0.1, 0.15) is 0 Å². The molecule has 0 spiro atoms. The van der Waals surface area contributed by atoms with Crippen molar-refractivity contribution < 1.29 is 19.0 Å². The molecule has 3 rings (SSSR count). The summed E-state index contributed by atoms with van der Waals surface area (Å²) >= 11 is 3.55. The fraction of sp³-hybridized carbons (Fsp3) is 0.238. The molecule has 29 heavy (non-hydrogen) atoms. The van der Waals surface area contributed by atoms with E-state index >= 15 is 0 Å². The molecule has 152 valence electrons. The van der Waals surface area contributed by atoms with Crippen molar-refractivity contribution >= 4 is 57.2 Å². The molecule has 6 nitrogen and oxygen atoms in total. The van der Waals surface area contributed by atoms with E-state index in [1.54, 1.807) is 26.2 Å². The Morgan fingerprint density at radius 3 is 2.55 bits per heavy atom. The average Bonchev–Trinajstić information content (AvgIpc) is 3.00. The number of amidine groups is 1. The van der Waals surface area contributed by atoms with E-state index < -0.39 is 0 Å². The molecule has 0 unspecified atom stereocenters. The van der Waals surface area contributed by atoms with Crippen LogP contribution < -0.4 is 9.47 Å². The minimum atomic E-state index is -0.0912. The molecule has 0 saturated carbocycles. The van der Waals surface area contributed by atoms with E-state index in [1.165, 1.54) is 11.8 Å².